The van der Waals surface area contributed by atoms with Gasteiger partial charge in [-0.25, -0.2) is 4.79 Å². The molecule has 0 bridgehead atoms. The summed E-state index contributed by atoms with van der Waals surface area (Å²) in [6, 6.07) is 2.32. The molecule has 0 unspecified atom stereocenters. The number of rotatable bonds is 3. The molecule has 0 aliphatic rings. The summed E-state index contributed by atoms with van der Waals surface area (Å²) in [5.41, 5.74) is -0.931. The summed E-state index contributed by atoms with van der Waals surface area (Å²) < 4.78 is 64.4. The summed E-state index contributed by atoms with van der Waals surface area (Å²) in [4.78, 5) is 10.2. The van der Waals surface area contributed by atoms with Gasteiger partial charge in [0.1, 0.15) is 5.75 Å². The Kier molecular flexibility index (Phi) is 3.25. The maximum absolute atomic E-state index is 12.9. The lowest BCUT2D eigenvalue weighted by molar-refractivity contribution is -0.274. The van der Waals surface area contributed by atoms with Crippen molar-refractivity contribution in [1.29, 1.82) is 0 Å². The standard InChI is InChI=1S/C9H5F5O3/c10-8(11,7(15)16)5-1-3-6(4-2-5)17-9(12,13)14/h1-4H,(H,15,16). The lowest BCUT2D eigenvalue weighted by Gasteiger charge is -2.13. The Labute approximate surface area is 91.4 Å². The van der Waals surface area contributed by atoms with Crippen LogP contribution in [0.1, 0.15) is 5.56 Å². The number of carboxylic acids is 1. The van der Waals surface area contributed by atoms with Gasteiger partial charge in [-0.15, -0.1) is 13.2 Å². The topological polar surface area (TPSA) is 46.5 Å². The van der Waals surface area contributed by atoms with Crippen LogP contribution in [0.25, 0.3) is 0 Å². The largest absolute Gasteiger partial charge is 0.573 e. The van der Waals surface area contributed by atoms with Crippen LogP contribution in [0.4, 0.5) is 22.0 Å². The molecular formula is C9H5F5O3. The molecule has 0 heterocycles. The van der Waals surface area contributed by atoms with Crippen molar-refractivity contribution in [1.82, 2.24) is 0 Å². The number of aliphatic carboxylic acids is 1. The van der Waals surface area contributed by atoms with Crippen LogP contribution in [-0.4, -0.2) is 17.4 Å². The third kappa shape index (κ3) is 3.30. The predicted octanol–water partition coefficient (Wildman–Crippen LogP) is 2.76. The highest BCUT2D eigenvalue weighted by molar-refractivity contribution is 5.77. The zero-order valence-corrected chi connectivity index (χ0v) is 7.96. The molecule has 0 radical (unpaired) electrons. The normalized spacial score (nSPS) is 12.3. The molecule has 0 saturated heterocycles. The molecule has 1 rings (SSSR count). The fraction of sp³-hybridized carbons (Fsp3) is 0.222. The highest BCUT2D eigenvalue weighted by Crippen LogP contribution is 2.30. The SMILES string of the molecule is O=C(O)C(F)(F)c1ccc(OC(F)(F)F)cc1. The number of hydrogen-bond donors (Lipinski definition) is 1. The van der Waals surface area contributed by atoms with Gasteiger partial charge in [-0.2, -0.15) is 8.78 Å². The van der Waals surface area contributed by atoms with Crippen molar-refractivity contribution in [3.63, 3.8) is 0 Å². The summed E-state index contributed by atoms with van der Waals surface area (Å²) >= 11 is 0. The number of hydrogen-bond acceptors (Lipinski definition) is 2. The van der Waals surface area contributed by atoms with Crippen LogP contribution >= 0.6 is 0 Å². The first kappa shape index (κ1) is 13.2. The summed E-state index contributed by atoms with van der Waals surface area (Å²) in [5, 5.41) is 8.19. The van der Waals surface area contributed by atoms with Gasteiger partial charge in [0.25, 0.3) is 0 Å². The van der Waals surface area contributed by atoms with Gasteiger partial charge < -0.3 is 9.84 Å². The van der Waals surface area contributed by atoms with E-state index >= 15 is 0 Å². The summed E-state index contributed by atoms with van der Waals surface area (Å²) in [6.07, 6.45) is -4.93. The predicted molar refractivity (Wildman–Crippen MR) is 44.7 cm³/mol. The molecule has 0 saturated carbocycles. The van der Waals surface area contributed by atoms with E-state index in [2.05, 4.69) is 4.74 Å². The number of carboxylic acid groups (broad SMARTS) is 1. The first-order valence-corrected chi connectivity index (χ1v) is 4.10. The smallest absolute Gasteiger partial charge is 0.477 e. The van der Waals surface area contributed by atoms with E-state index in [1.54, 1.807) is 0 Å². The average molecular weight is 256 g/mol. The van der Waals surface area contributed by atoms with Crippen LogP contribution in [0, 0.1) is 0 Å². The zero-order valence-electron chi connectivity index (χ0n) is 7.96. The monoisotopic (exact) mass is 256 g/mol. The molecule has 0 aromatic heterocycles. The minimum atomic E-state index is -4.93. The Morgan fingerprint density at radius 1 is 1.06 bits per heavy atom. The van der Waals surface area contributed by atoms with Crippen LogP contribution in [0.5, 0.6) is 5.75 Å². The van der Waals surface area contributed by atoms with Crippen molar-refractivity contribution in [2.24, 2.45) is 0 Å². The Morgan fingerprint density at radius 3 is 1.88 bits per heavy atom. The van der Waals surface area contributed by atoms with Crippen LogP contribution in [0.15, 0.2) is 24.3 Å². The highest BCUT2D eigenvalue weighted by Gasteiger charge is 2.41. The summed E-state index contributed by atoms with van der Waals surface area (Å²) in [6.45, 7) is 0. The minimum Gasteiger partial charge on any atom is -0.477 e. The maximum atomic E-state index is 12.9. The van der Waals surface area contributed by atoms with Crippen molar-refractivity contribution in [3.05, 3.63) is 29.8 Å². The van der Waals surface area contributed by atoms with Crippen molar-refractivity contribution in [2.45, 2.75) is 12.3 Å². The summed E-state index contributed by atoms with van der Waals surface area (Å²) in [5.74, 6) is -7.25. The maximum Gasteiger partial charge on any atom is 0.573 e. The van der Waals surface area contributed by atoms with Crippen molar-refractivity contribution in [2.75, 3.05) is 0 Å². The summed E-state index contributed by atoms with van der Waals surface area (Å²) in [7, 11) is 0. The van der Waals surface area contributed by atoms with Crippen molar-refractivity contribution in [3.8, 4) is 5.75 Å². The fourth-order valence-corrected chi connectivity index (χ4v) is 0.989. The van der Waals surface area contributed by atoms with Gasteiger partial charge in [0.05, 0.1) is 0 Å². The van der Waals surface area contributed by atoms with Gasteiger partial charge >= 0.3 is 18.3 Å². The second-order valence-electron chi connectivity index (χ2n) is 2.95. The molecule has 3 nitrogen and oxygen atoms in total. The van der Waals surface area contributed by atoms with E-state index in [4.69, 9.17) is 5.11 Å². The molecule has 1 aromatic rings. The van der Waals surface area contributed by atoms with E-state index < -0.39 is 29.6 Å². The first-order valence-electron chi connectivity index (χ1n) is 4.10. The number of halogens is 5. The van der Waals surface area contributed by atoms with E-state index in [1.807, 2.05) is 0 Å². The van der Waals surface area contributed by atoms with Crippen LogP contribution in [-0.2, 0) is 10.7 Å². The molecule has 0 atom stereocenters. The molecule has 17 heavy (non-hydrogen) atoms. The molecule has 0 fully saturated rings. The second-order valence-corrected chi connectivity index (χ2v) is 2.95. The fourth-order valence-electron chi connectivity index (χ4n) is 0.989. The molecule has 8 heteroatoms. The van der Waals surface area contributed by atoms with E-state index in [-0.39, 0.29) is 0 Å². The molecule has 0 aliphatic heterocycles. The molecule has 94 valence electrons. The molecule has 1 N–H and O–H groups in total. The van der Waals surface area contributed by atoms with Gasteiger partial charge in [0.2, 0.25) is 0 Å². The Hall–Kier alpha value is -1.86. The van der Waals surface area contributed by atoms with E-state index in [0.29, 0.717) is 24.3 Å². The van der Waals surface area contributed by atoms with Gasteiger partial charge in [0, 0.05) is 5.56 Å². The number of carbonyl (C=O) groups is 1. The van der Waals surface area contributed by atoms with Gasteiger partial charge in [-0.1, -0.05) is 0 Å². The van der Waals surface area contributed by atoms with E-state index in [1.165, 1.54) is 0 Å². The van der Waals surface area contributed by atoms with E-state index in [0.717, 1.165) is 0 Å². The Bertz CT molecular complexity index is 410. The number of benzene rings is 1. The van der Waals surface area contributed by atoms with Gasteiger partial charge in [-0.05, 0) is 24.3 Å². The highest BCUT2D eigenvalue weighted by atomic mass is 19.4. The minimum absolute atomic E-state index is 0.551. The zero-order chi connectivity index (χ0) is 13.3. The van der Waals surface area contributed by atoms with Gasteiger partial charge in [-0.3, -0.25) is 0 Å². The number of alkyl halides is 5. The molecular weight excluding hydrogens is 251 g/mol. The first-order chi connectivity index (χ1) is 7.63. The third-order valence-corrected chi connectivity index (χ3v) is 1.72. The van der Waals surface area contributed by atoms with Gasteiger partial charge in [0.15, 0.2) is 0 Å². The van der Waals surface area contributed by atoms with Crippen molar-refractivity contribution < 1.29 is 36.6 Å². The molecule has 0 amide bonds. The third-order valence-electron chi connectivity index (χ3n) is 1.72. The molecule has 1 aromatic carbocycles. The van der Waals surface area contributed by atoms with Crippen LogP contribution in [0.3, 0.4) is 0 Å². The Morgan fingerprint density at radius 2 is 1.53 bits per heavy atom. The van der Waals surface area contributed by atoms with Crippen LogP contribution < -0.4 is 4.74 Å². The lowest BCUT2D eigenvalue weighted by atomic mass is 10.1. The second kappa shape index (κ2) is 4.19. The van der Waals surface area contributed by atoms with Crippen LogP contribution in [0.2, 0.25) is 0 Å². The lowest BCUT2D eigenvalue weighted by Crippen LogP contribution is -2.25. The van der Waals surface area contributed by atoms with E-state index in [9.17, 15) is 26.7 Å². The molecule has 0 aliphatic carbocycles. The Balaban J connectivity index is 2.93. The van der Waals surface area contributed by atoms with Crippen molar-refractivity contribution >= 4 is 5.97 Å². The number of ether oxygens (including phenoxy) is 1. The molecule has 0 spiro atoms. The quantitative estimate of drug-likeness (QED) is 0.846. The average Bonchev–Trinajstić information content (AvgIpc) is 2.15.